The van der Waals surface area contributed by atoms with Gasteiger partial charge in [0.15, 0.2) is 17.3 Å². The van der Waals surface area contributed by atoms with Crippen LogP contribution in [0.4, 0.5) is 0 Å². The molecule has 3 unspecified atom stereocenters. The van der Waals surface area contributed by atoms with E-state index in [1.165, 1.54) is 86.6 Å². The maximum atomic E-state index is 15.1. The second-order valence-electron chi connectivity index (χ2n) is 30.9. The molecule has 0 aliphatic rings. The van der Waals surface area contributed by atoms with Crippen molar-refractivity contribution in [1.29, 1.82) is 0 Å². The number of hydrogen-bond acceptors (Lipinski definition) is 20. The summed E-state index contributed by atoms with van der Waals surface area (Å²) >= 11 is 0. The first-order valence-corrected chi connectivity index (χ1v) is 39.5. The largest absolute Gasteiger partial charge is 0.480 e. The fourth-order valence-corrected chi connectivity index (χ4v) is 15.9. The maximum absolute atomic E-state index is 15.1. The van der Waals surface area contributed by atoms with Crippen LogP contribution in [0.25, 0.3) is 99.9 Å². The van der Waals surface area contributed by atoms with Gasteiger partial charge in [-0.25, -0.2) is 57.5 Å². The fourth-order valence-electron chi connectivity index (χ4n) is 15.9. The molecular weight excluding hydrogens is 1730 g/mol. The number of H-pyrrole nitrogens is 3. The van der Waals surface area contributed by atoms with Crippen LogP contribution in [0.15, 0.2) is 164 Å². The Balaban J connectivity index is 0.940. The summed E-state index contributed by atoms with van der Waals surface area (Å²) < 4.78 is 0. The highest BCUT2D eigenvalue weighted by molar-refractivity contribution is 6.11. The topological polar surface area (TPSA) is 677 Å². The van der Waals surface area contributed by atoms with Gasteiger partial charge in [-0.3, -0.25) is 38.9 Å². The number of ketones is 3. The smallest absolute Gasteiger partial charge is 0.335 e. The number of aromatic nitrogens is 3. The molecule has 9 aromatic carbocycles. The Bertz CT molecular complexity index is 6600. The van der Waals surface area contributed by atoms with Crippen LogP contribution in [-0.4, -0.2) is 205 Å². The Morgan fingerprint density at radius 1 is 0.326 bits per heavy atom. The molecule has 3 heterocycles. The van der Waals surface area contributed by atoms with Crippen molar-refractivity contribution in [3.8, 4) is 67.2 Å². The molecule has 18 N–H and O–H groups in total. The number of carbonyl (C=O) groups excluding carboxylic acids is 6. The number of nitro groups is 1. The van der Waals surface area contributed by atoms with Crippen LogP contribution < -0.4 is 16.0 Å². The lowest BCUT2D eigenvalue weighted by molar-refractivity contribution is -0.573. The van der Waals surface area contributed by atoms with E-state index < -0.39 is 242 Å². The second kappa shape index (κ2) is 37.7. The number of aromatic amines is 3. The highest BCUT2D eigenvalue weighted by Crippen LogP contribution is 2.44. The normalized spacial score (nSPS) is 12.3. The first-order chi connectivity index (χ1) is 62.3. The molecule has 3 atom stereocenters. The quantitative estimate of drug-likeness (QED) is 0.00966. The summed E-state index contributed by atoms with van der Waals surface area (Å²) in [5, 5.41) is 145. The average molecular weight is 1800 g/mol. The zero-order valence-corrected chi connectivity index (χ0v) is 69.0. The van der Waals surface area contributed by atoms with Gasteiger partial charge < -0.3 is 92.2 Å². The molecule has 0 saturated carbocycles. The SMILES string of the molecule is CC(=O)c1cc(C(C)=O)cc(-c2[nH]c3c(-c4cc(C(=O)O)cc(C(=O)O)c4)cccc3c2C(NC(=O)CCC(CCC(=O)NC(Cc2c(-c3cc(C(=O)O)cc(C(=O)O)c3)[nH]c3c(-c4cc(C(=O)O)cc(C(=O)O)c4)cccc23)C(=O)O)(CCC(=O)NC(Cc2c(-c3cc(C(=O)O)cc(C(=O)O)c3)[nH]c3c(-c4cc(C(=O)O)cc(C(=O)O)c4)cccc23)C(=O)O)[N+](=O)[O-])C(C)=O)c1. The highest BCUT2D eigenvalue weighted by atomic mass is 16.6. The van der Waals surface area contributed by atoms with Gasteiger partial charge >= 0.3 is 71.6 Å². The van der Waals surface area contributed by atoms with Gasteiger partial charge in [-0.2, -0.15) is 0 Å². The van der Waals surface area contributed by atoms with Crippen molar-refractivity contribution in [2.24, 2.45) is 0 Å². The molecule has 12 aromatic rings. The van der Waals surface area contributed by atoms with E-state index in [0.29, 0.717) is 0 Å². The number of carboxylic acid groups (broad SMARTS) is 12. The molecule has 0 saturated heterocycles. The first-order valence-electron chi connectivity index (χ1n) is 39.5. The summed E-state index contributed by atoms with van der Waals surface area (Å²) in [4.78, 5) is 261. The van der Waals surface area contributed by atoms with Gasteiger partial charge in [-0.1, -0.05) is 54.6 Å². The Hall–Kier alpha value is -17.9. The van der Waals surface area contributed by atoms with E-state index in [1.807, 2.05) is 0 Å². The molecule has 0 spiro atoms. The number of benzene rings is 9. The second-order valence-corrected chi connectivity index (χ2v) is 30.9. The lowest BCUT2D eigenvalue weighted by Crippen LogP contribution is -2.46. The molecule has 132 heavy (non-hydrogen) atoms. The molecule has 0 radical (unpaired) electrons. The molecule has 672 valence electrons. The first kappa shape index (κ1) is 93.2. The molecule has 39 heteroatoms. The predicted molar refractivity (Wildman–Crippen MR) is 463 cm³/mol. The van der Waals surface area contributed by atoms with Gasteiger partial charge in [0.2, 0.25) is 23.3 Å². The molecule has 0 aliphatic carbocycles. The van der Waals surface area contributed by atoms with Crippen molar-refractivity contribution < 1.29 is 153 Å². The van der Waals surface area contributed by atoms with Crippen LogP contribution in [0.1, 0.15) is 206 Å². The van der Waals surface area contributed by atoms with Crippen LogP contribution in [-0.2, 0) is 41.6 Å². The van der Waals surface area contributed by atoms with Crippen molar-refractivity contribution in [1.82, 2.24) is 30.9 Å². The van der Waals surface area contributed by atoms with E-state index in [-0.39, 0.29) is 128 Å². The van der Waals surface area contributed by atoms with E-state index >= 15 is 4.79 Å². The Morgan fingerprint density at radius 3 is 0.833 bits per heavy atom. The minimum absolute atomic E-state index is 0.0163. The van der Waals surface area contributed by atoms with E-state index in [0.717, 1.165) is 97.9 Å². The summed E-state index contributed by atoms with van der Waals surface area (Å²) in [5.74, 6) is -25.4. The minimum atomic E-state index is -2.78. The monoisotopic (exact) mass is 1800 g/mol. The standard InChI is InChI=1S/C93H73N7O32/c1-39(101)42-19-43(40(2)102)21-49(20-42)77-73(65-12-6-9-62(80(65)99-77)46-26-54(85(115)116)34-55(27-46)86(117)118)74(41(3)103)96-72(106)15-18-93(100(131)132,16-13-70(104)94-68(91(127)128)37-66-63-10-4-7-60(44-22-50(81(107)108)32-51(23-44)82(109)110)78(63)97-75(66)47-28-56(87(119)120)35-57(29-47)88(121)122)17-14-71(105)95-69(92(129)130)38-67-64-11-5-8-61(45-24-52(83(111)112)33-53(25-45)84(113)114)79(64)98-76(67)48-30-58(89(123)124)36-59(31-48)90(125)126/h4-12,19-36,68-69,74,97-99H,13-18,37-38H2,1-3H3,(H,94,104)(H,95,105)(H,96,106)(H,107,108)(H,109,110)(H,111,112)(H,113,114)(H,115,116)(H,117,118)(H,119,120)(H,121,122)(H,123,124)(H,125,126)(H,127,128)(H,129,130). The van der Waals surface area contributed by atoms with Gasteiger partial charge in [-0.05, 0) is 174 Å². The van der Waals surface area contributed by atoms with Crippen LogP contribution in [0.3, 0.4) is 0 Å². The Morgan fingerprint density at radius 2 is 0.568 bits per heavy atom. The van der Waals surface area contributed by atoms with Crippen molar-refractivity contribution in [2.75, 3.05) is 0 Å². The third-order valence-electron chi connectivity index (χ3n) is 22.4. The van der Waals surface area contributed by atoms with Gasteiger partial charge in [0, 0.05) is 117 Å². The molecule has 3 amide bonds. The lowest BCUT2D eigenvalue weighted by Gasteiger charge is -2.26. The number of aliphatic carboxylic acids is 2. The lowest BCUT2D eigenvalue weighted by atomic mass is 9.83. The van der Waals surface area contributed by atoms with Crippen LogP contribution in [0.2, 0.25) is 0 Å². The van der Waals surface area contributed by atoms with Crippen LogP contribution >= 0.6 is 0 Å². The Labute approximate surface area is 739 Å². The molecular formula is C93H73N7O32. The fraction of sp³-hybridized carbons (Fsp3) is 0.161. The van der Waals surface area contributed by atoms with Gasteiger partial charge in [0.05, 0.1) is 77.9 Å². The number of nitrogens with zero attached hydrogens (tertiary/aromatic N) is 1. The minimum Gasteiger partial charge on any atom is -0.480 e. The predicted octanol–water partition coefficient (Wildman–Crippen LogP) is 12.2. The summed E-state index contributed by atoms with van der Waals surface area (Å²) in [7, 11) is 0. The Kier molecular flexibility index (Phi) is 26.6. The summed E-state index contributed by atoms with van der Waals surface area (Å²) in [6.45, 7) is 3.38. The average Bonchev–Trinajstić information content (AvgIpc) is 1.60. The van der Waals surface area contributed by atoms with Crippen molar-refractivity contribution >= 4 is 139 Å². The highest BCUT2D eigenvalue weighted by Gasteiger charge is 2.45. The van der Waals surface area contributed by atoms with Gasteiger partial charge in [-0.15, -0.1) is 0 Å². The number of aromatic carboxylic acids is 10. The number of carboxylic acids is 12. The van der Waals surface area contributed by atoms with Crippen LogP contribution in [0.5, 0.6) is 0 Å². The summed E-state index contributed by atoms with van der Waals surface area (Å²) in [6.07, 6.45) is -8.16. The van der Waals surface area contributed by atoms with E-state index in [4.69, 9.17) is 0 Å². The van der Waals surface area contributed by atoms with Gasteiger partial charge in [0.25, 0.3) is 0 Å². The zero-order chi connectivity index (χ0) is 96.2. The number of amides is 3. The molecule has 12 rings (SSSR count). The number of para-hydroxylation sites is 3. The van der Waals surface area contributed by atoms with Gasteiger partial charge in [0.1, 0.15) is 18.1 Å². The van der Waals surface area contributed by atoms with Crippen molar-refractivity contribution in [3.63, 3.8) is 0 Å². The number of carbonyl (C=O) groups is 18. The number of Topliss-reactive ketones (excluding diaryl/α,β-unsaturated/α-hetero) is 3. The van der Waals surface area contributed by atoms with Crippen molar-refractivity contribution in [3.05, 3.63) is 257 Å². The summed E-state index contributed by atoms with van der Waals surface area (Å²) in [5.41, 5.74) is -9.53. The molecule has 0 bridgehead atoms. The number of hydrogen-bond donors (Lipinski definition) is 18. The number of rotatable bonds is 39. The molecule has 0 aliphatic heterocycles. The van der Waals surface area contributed by atoms with Crippen molar-refractivity contribution in [2.45, 2.75) is 95.8 Å². The molecule has 39 nitrogen and oxygen atoms in total. The molecule has 0 fully saturated rings. The third-order valence-corrected chi connectivity index (χ3v) is 22.4. The maximum Gasteiger partial charge on any atom is 0.335 e. The van der Waals surface area contributed by atoms with E-state index in [1.54, 1.807) is 0 Å². The summed E-state index contributed by atoms with van der Waals surface area (Å²) in [6, 6.07) is 25.3. The van der Waals surface area contributed by atoms with E-state index in [9.17, 15) is 153 Å². The third kappa shape index (κ3) is 19.8. The van der Waals surface area contributed by atoms with Crippen LogP contribution in [0, 0.1) is 10.1 Å². The zero-order valence-electron chi connectivity index (χ0n) is 69.0. The number of fused-ring (bicyclic) bond motifs is 3. The number of nitrogens with one attached hydrogen (secondary N) is 6. The van der Waals surface area contributed by atoms with E-state index in [2.05, 4.69) is 30.9 Å². The molecule has 3 aromatic heterocycles.